The molecule has 0 saturated carbocycles. The SMILES string of the molecule is COCCNc1nc(C)cc(Nc2cc(OC)ccc2OC)n1. The minimum atomic E-state index is 0.548. The summed E-state index contributed by atoms with van der Waals surface area (Å²) < 4.78 is 15.6. The average Bonchev–Trinajstić information content (AvgIpc) is 2.54. The van der Waals surface area contributed by atoms with Gasteiger partial charge in [-0.25, -0.2) is 4.98 Å². The van der Waals surface area contributed by atoms with E-state index in [0.717, 1.165) is 17.1 Å². The highest BCUT2D eigenvalue weighted by Crippen LogP contribution is 2.31. The fourth-order valence-corrected chi connectivity index (χ4v) is 2.03. The Morgan fingerprint density at radius 1 is 1.04 bits per heavy atom. The zero-order valence-corrected chi connectivity index (χ0v) is 13.8. The van der Waals surface area contributed by atoms with E-state index in [2.05, 4.69) is 20.6 Å². The van der Waals surface area contributed by atoms with Gasteiger partial charge in [-0.3, -0.25) is 0 Å². The van der Waals surface area contributed by atoms with Crippen LogP contribution in [0, 0.1) is 6.92 Å². The van der Waals surface area contributed by atoms with E-state index >= 15 is 0 Å². The summed E-state index contributed by atoms with van der Waals surface area (Å²) in [5.74, 6) is 2.66. The van der Waals surface area contributed by atoms with E-state index in [4.69, 9.17) is 14.2 Å². The topological polar surface area (TPSA) is 77.5 Å². The number of nitrogens with one attached hydrogen (secondary N) is 2. The van der Waals surface area contributed by atoms with Crippen molar-refractivity contribution in [1.82, 2.24) is 9.97 Å². The Labute approximate surface area is 136 Å². The molecule has 0 unspecified atom stereocenters. The van der Waals surface area contributed by atoms with Crippen molar-refractivity contribution in [2.45, 2.75) is 6.92 Å². The van der Waals surface area contributed by atoms with Gasteiger partial charge in [0.2, 0.25) is 5.95 Å². The average molecular weight is 318 g/mol. The molecule has 0 atom stereocenters. The molecule has 0 radical (unpaired) electrons. The van der Waals surface area contributed by atoms with Crippen LogP contribution in [0.2, 0.25) is 0 Å². The molecule has 0 fully saturated rings. The summed E-state index contributed by atoms with van der Waals surface area (Å²) in [6.45, 7) is 3.14. The number of aryl methyl sites for hydroxylation is 1. The Balaban J connectivity index is 2.22. The van der Waals surface area contributed by atoms with Gasteiger partial charge in [-0.05, 0) is 19.1 Å². The van der Waals surface area contributed by atoms with Gasteiger partial charge in [0.05, 0.1) is 26.5 Å². The first-order valence-electron chi connectivity index (χ1n) is 7.24. The van der Waals surface area contributed by atoms with Crippen molar-refractivity contribution < 1.29 is 14.2 Å². The lowest BCUT2D eigenvalue weighted by molar-refractivity contribution is 0.210. The number of anilines is 3. The van der Waals surface area contributed by atoms with Crippen molar-refractivity contribution in [2.75, 3.05) is 45.1 Å². The number of benzene rings is 1. The smallest absolute Gasteiger partial charge is 0.224 e. The molecule has 7 heteroatoms. The third-order valence-electron chi connectivity index (χ3n) is 3.11. The highest BCUT2D eigenvalue weighted by atomic mass is 16.5. The van der Waals surface area contributed by atoms with Crippen molar-refractivity contribution in [3.8, 4) is 11.5 Å². The second-order valence-electron chi connectivity index (χ2n) is 4.83. The summed E-state index contributed by atoms with van der Waals surface area (Å²) in [7, 11) is 4.90. The van der Waals surface area contributed by atoms with E-state index in [9.17, 15) is 0 Å². The van der Waals surface area contributed by atoms with Gasteiger partial charge < -0.3 is 24.8 Å². The highest BCUT2D eigenvalue weighted by molar-refractivity contribution is 5.66. The molecule has 0 saturated heterocycles. The van der Waals surface area contributed by atoms with E-state index in [1.54, 1.807) is 21.3 Å². The van der Waals surface area contributed by atoms with Crippen LogP contribution in [0.25, 0.3) is 0 Å². The lowest BCUT2D eigenvalue weighted by Crippen LogP contribution is -2.11. The first-order chi connectivity index (χ1) is 11.2. The molecule has 1 aromatic carbocycles. The van der Waals surface area contributed by atoms with Gasteiger partial charge in [0, 0.05) is 31.5 Å². The van der Waals surface area contributed by atoms with Crippen LogP contribution < -0.4 is 20.1 Å². The Morgan fingerprint density at radius 2 is 1.87 bits per heavy atom. The Bertz CT molecular complexity index is 649. The van der Waals surface area contributed by atoms with Crippen molar-refractivity contribution >= 4 is 17.5 Å². The van der Waals surface area contributed by atoms with Crippen molar-refractivity contribution in [3.63, 3.8) is 0 Å². The quantitative estimate of drug-likeness (QED) is 0.724. The van der Waals surface area contributed by atoms with E-state index in [0.29, 0.717) is 30.7 Å². The third-order valence-corrected chi connectivity index (χ3v) is 3.11. The molecule has 124 valence electrons. The van der Waals surface area contributed by atoms with Crippen molar-refractivity contribution in [1.29, 1.82) is 0 Å². The van der Waals surface area contributed by atoms with Gasteiger partial charge in [-0.15, -0.1) is 0 Å². The summed E-state index contributed by atoms with van der Waals surface area (Å²) >= 11 is 0. The van der Waals surface area contributed by atoms with Crippen LogP contribution >= 0.6 is 0 Å². The monoisotopic (exact) mass is 318 g/mol. The van der Waals surface area contributed by atoms with Crippen LogP contribution in [0.3, 0.4) is 0 Å². The first-order valence-corrected chi connectivity index (χ1v) is 7.24. The summed E-state index contributed by atoms with van der Waals surface area (Å²) in [6.07, 6.45) is 0. The molecule has 0 aliphatic heterocycles. The number of rotatable bonds is 8. The Kier molecular flexibility index (Phi) is 5.99. The first kappa shape index (κ1) is 16.8. The second kappa shape index (κ2) is 8.19. The molecule has 0 amide bonds. The lowest BCUT2D eigenvalue weighted by Gasteiger charge is -2.13. The molecule has 0 spiro atoms. The molecule has 7 nitrogen and oxygen atoms in total. The summed E-state index contributed by atoms with van der Waals surface area (Å²) in [5, 5.41) is 6.36. The molecule has 0 bridgehead atoms. The fraction of sp³-hybridized carbons (Fsp3) is 0.375. The largest absolute Gasteiger partial charge is 0.497 e. The molecule has 2 N–H and O–H groups in total. The standard InChI is InChI=1S/C16H22N4O3/c1-11-9-15(20-16(18-11)17-7-8-21-2)19-13-10-12(22-3)5-6-14(13)23-4/h5-6,9-10H,7-8H2,1-4H3,(H2,17,18,19,20). The minimum absolute atomic E-state index is 0.548. The summed E-state index contributed by atoms with van der Waals surface area (Å²) in [5.41, 5.74) is 1.62. The number of ether oxygens (including phenoxy) is 3. The molecular weight excluding hydrogens is 296 g/mol. The Hall–Kier alpha value is -2.54. The number of nitrogens with zero attached hydrogens (tertiary/aromatic N) is 2. The number of hydrogen-bond donors (Lipinski definition) is 2. The van der Waals surface area contributed by atoms with Gasteiger partial charge in [-0.1, -0.05) is 0 Å². The van der Waals surface area contributed by atoms with E-state index in [1.807, 2.05) is 31.2 Å². The van der Waals surface area contributed by atoms with Crippen LogP contribution in [-0.4, -0.2) is 44.4 Å². The van der Waals surface area contributed by atoms with Crippen LogP contribution in [0.5, 0.6) is 11.5 Å². The summed E-state index contributed by atoms with van der Waals surface area (Å²) in [6, 6.07) is 7.40. The van der Waals surface area contributed by atoms with E-state index in [-0.39, 0.29) is 0 Å². The van der Waals surface area contributed by atoms with Crippen LogP contribution in [0.4, 0.5) is 17.5 Å². The second-order valence-corrected chi connectivity index (χ2v) is 4.83. The highest BCUT2D eigenvalue weighted by Gasteiger charge is 2.08. The van der Waals surface area contributed by atoms with Crippen LogP contribution in [0.1, 0.15) is 5.69 Å². The van der Waals surface area contributed by atoms with Crippen LogP contribution in [-0.2, 0) is 4.74 Å². The molecule has 2 aromatic rings. The van der Waals surface area contributed by atoms with Gasteiger partial charge in [0.25, 0.3) is 0 Å². The normalized spacial score (nSPS) is 10.3. The summed E-state index contributed by atoms with van der Waals surface area (Å²) in [4.78, 5) is 8.80. The maximum atomic E-state index is 5.36. The van der Waals surface area contributed by atoms with Crippen LogP contribution in [0.15, 0.2) is 24.3 Å². The van der Waals surface area contributed by atoms with Gasteiger partial charge in [0.1, 0.15) is 17.3 Å². The Morgan fingerprint density at radius 3 is 2.57 bits per heavy atom. The van der Waals surface area contributed by atoms with Crippen molar-refractivity contribution in [3.05, 3.63) is 30.0 Å². The van der Waals surface area contributed by atoms with Gasteiger partial charge >= 0.3 is 0 Å². The fourth-order valence-electron chi connectivity index (χ4n) is 2.03. The van der Waals surface area contributed by atoms with Gasteiger partial charge in [0.15, 0.2) is 0 Å². The van der Waals surface area contributed by atoms with Gasteiger partial charge in [-0.2, -0.15) is 4.98 Å². The third kappa shape index (κ3) is 4.72. The molecule has 0 aliphatic rings. The molecule has 1 heterocycles. The van der Waals surface area contributed by atoms with Crippen molar-refractivity contribution in [2.24, 2.45) is 0 Å². The predicted octanol–water partition coefficient (Wildman–Crippen LogP) is 2.60. The maximum Gasteiger partial charge on any atom is 0.224 e. The molecule has 1 aromatic heterocycles. The predicted molar refractivity (Wildman–Crippen MR) is 90.0 cm³/mol. The molecule has 0 aliphatic carbocycles. The molecular formula is C16H22N4O3. The zero-order chi connectivity index (χ0) is 16.7. The zero-order valence-electron chi connectivity index (χ0n) is 13.8. The lowest BCUT2D eigenvalue weighted by atomic mass is 10.2. The minimum Gasteiger partial charge on any atom is -0.497 e. The van der Waals surface area contributed by atoms with E-state index < -0.39 is 0 Å². The number of aromatic nitrogens is 2. The van der Waals surface area contributed by atoms with E-state index in [1.165, 1.54) is 0 Å². The molecule has 2 rings (SSSR count). The number of methoxy groups -OCH3 is 3. The maximum absolute atomic E-state index is 5.36. The number of hydrogen-bond acceptors (Lipinski definition) is 7. The molecule has 23 heavy (non-hydrogen) atoms.